The molecule has 0 bridgehead atoms. The second kappa shape index (κ2) is 11.5. The first kappa shape index (κ1) is 27.9. The van der Waals surface area contributed by atoms with Gasteiger partial charge in [0.15, 0.2) is 6.23 Å². The number of phosphoric acid groups is 1. The molecule has 2 rings (SSSR count). The van der Waals surface area contributed by atoms with Gasteiger partial charge >= 0.3 is 102 Å². The number of nitrogens with one attached hydrogen (secondary N) is 1. The molecule has 1 aliphatic heterocycles. The van der Waals surface area contributed by atoms with E-state index in [1.807, 2.05) is 4.98 Å². The molecule has 4 atom stereocenters. The van der Waals surface area contributed by atoms with Gasteiger partial charge in [-0.1, -0.05) is 0 Å². The molecule has 24 heavy (non-hydrogen) atoms. The first-order chi connectivity index (χ1) is 9.69. The molecule has 0 radical (unpaired) electrons. The van der Waals surface area contributed by atoms with Crippen LogP contribution in [0.4, 0.5) is 0 Å². The van der Waals surface area contributed by atoms with Gasteiger partial charge in [0.2, 0.25) is 0 Å². The van der Waals surface area contributed by atoms with Crippen LogP contribution in [0.5, 0.6) is 0 Å². The van der Waals surface area contributed by atoms with Gasteiger partial charge in [-0.25, -0.2) is 9.36 Å². The number of rotatable bonds is 4. The van der Waals surface area contributed by atoms with Crippen LogP contribution in [-0.2, 0) is 13.8 Å². The third-order valence-corrected chi connectivity index (χ3v) is 3.35. The van der Waals surface area contributed by atoms with Gasteiger partial charge in [-0.15, -0.1) is 0 Å². The molecule has 124 valence electrons. The standard InChI is InChI=1S/C9H13N2O9P.3Na.3H/c12-5-1-2-11(9(15)10-5)8-7(14)6(13)4(20-8)3-19-21(16,17)18;;;;;;/h1-2,4,6-8,13-14H,3H2,(H,10,12,15)(H2,16,17,18);;;;;;/q;3*+1;3*-1/t4-,6-,7-,8-;;;;;;/m1....../s1. The van der Waals surface area contributed by atoms with Crippen LogP contribution in [0.15, 0.2) is 21.9 Å². The van der Waals surface area contributed by atoms with Crippen molar-refractivity contribution in [3.05, 3.63) is 33.1 Å². The Bertz CT molecular complexity index is 690. The van der Waals surface area contributed by atoms with Crippen LogP contribution in [-0.4, -0.2) is 54.5 Å². The van der Waals surface area contributed by atoms with Crippen molar-refractivity contribution >= 4 is 7.82 Å². The largest absolute Gasteiger partial charge is 1.00 e. The van der Waals surface area contributed by atoms with E-state index in [0.717, 1.165) is 16.8 Å². The number of nitrogens with zero attached hydrogens (tertiary/aromatic N) is 1. The smallest absolute Gasteiger partial charge is 1.00 e. The van der Waals surface area contributed by atoms with E-state index in [4.69, 9.17) is 14.5 Å². The molecule has 0 spiro atoms. The summed E-state index contributed by atoms with van der Waals surface area (Å²) < 4.78 is 20.8. The molecule has 5 N–H and O–H groups in total. The van der Waals surface area contributed by atoms with Crippen molar-refractivity contribution in [3.8, 4) is 0 Å². The van der Waals surface area contributed by atoms with Gasteiger partial charge in [0.05, 0.1) is 6.61 Å². The maximum atomic E-state index is 11.6. The number of ether oxygens (including phenoxy) is 1. The maximum Gasteiger partial charge on any atom is 1.00 e. The molecule has 15 heteroatoms. The Labute approximate surface area is 206 Å². The second-order valence-corrected chi connectivity index (χ2v) is 5.59. The molecule has 1 aromatic heterocycles. The number of aliphatic hydroxyl groups is 2. The summed E-state index contributed by atoms with van der Waals surface area (Å²) in [6.07, 6.45) is -4.58. The zero-order chi connectivity index (χ0) is 15.8. The van der Waals surface area contributed by atoms with Crippen LogP contribution in [0.3, 0.4) is 0 Å². The predicted octanol–water partition coefficient (Wildman–Crippen LogP) is -11.4. The van der Waals surface area contributed by atoms with Gasteiger partial charge in [0, 0.05) is 12.3 Å². The summed E-state index contributed by atoms with van der Waals surface area (Å²) in [5.41, 5.74) is -1.51. The van der Waals surface area contributed by atoms with Gasteiger partial charge in [0.25, 0.3) is 5.56 Å². The molecule has 1 aliphatic rings. The van der Waals surface area contributed by atoms with Crippen molar-refractivity contribution < 1.29 is 127 Å². The summed E-state index contributed by atoms with van der Waals surface area (Å²) >= 11 is 0. The normalized spacial score (nSPS) is 26.0. The Balaban J connectivity index is -0.000000269. The quantitative estimate of drug-likeness (QED) is 0.245. The van der Waals surface area contributed by atoms with E-state index in [1.54, 1.807) is 0 Å². The van der Waals surface area contributed by atoms with Crippen LogP contribution in [0.25, 0.3) is 0 Å². The number of aliphatic hydroxyl groups excluding tert-OH is 2. The molecule has 0 aliphatic carbocycles. The molecule has 0 unspecified atom stereocenters. The Kier molecular flexibility index (Phi) is 13.4. The molecule has 1 aromatic rings. The molecular weight excluding hydrogens is 380 g/mol. The van der Waals surface area contributed by atoms with E-state index in [1.165, 1.54) is 0 Å². The number of H-pyrrole nitrogens is 1. The summed E-state index contributed by atoms with van der Waals surface area (Å²) in [6, 6.07) is 1.02. The minimum atomic E-state index is -4.76. The molecule has 0 aromatic carbocycles. The molecule has 0 amide bonds. The predicted molar refractivity (Wildman–Crippen MR) is 68.6 cm³/mol. The van der Waals surface area contributed by atoms with Crippen molar-refractivity contribution in [2.24, 2.45) is 0 Å². The van der Waals surface area contributed by atoms with Gasteiger partial charge in [0.1, 0.15) is 18.3 Å². The van der Waals surface area contributed by atoms with Crippen LogP contribution < -0.4 is 99.9 Å². The Morgan fingerprint density at radius 3 is 2.33 bits per heavy atom. The molecular formula is C9H16N2Na3O9P. The van der Waals surface area contributed by atoms with Crippen molar-refractivity contribution in [1.29, 1.82) is 0 Å². The van der Waals surface area contributed by atoms with E-state index >= 15 is 0 Å². The van der Waals surface area contributed by atoms with E-state index in [-0.39, 0.29) is 93.0 Å². The Hall–Kier alpha value is 1.67. The summed E-state index contributed by atoms with van der Waals surface area (Å²) in [5, 5.41) is 19.6. The number of aromatic nitrogens is 2. The number of phosphoric ester groups is 1. The molecule has 1 saturated heterocycles. The maximum absolute atomic E-state index is 11.6. The molecule has 2 heterocycles. The van der Waals surface area contributed by atoms with Gasteiger partial charge in [-0.3, -0.25) is 18.9 Å². The first-order valence-corrected chi connectivity index (χ1v) is 7.25. The number of hydrogen-bond donors (Lipinski definition) is 5. The van der Waals surface area contributed by atoms with Crippen LogP contribution in [0.2, 0.25) is 0 Å². The van der Waals surface area contributed by atoms with E-state index in [9.17, 15) is 24.4 Å². The van der Waals surface area contributed by atoms with Crippen LogP contribution >= 0.6 is 7.82 Å². The first-order valence-electron chi connectivity index (χ1n) is 5.72. The Morgan fingerprint density at radius 1 is 1.25 bits per heavy atom. The van der Waals surface area contributed by atoms with Crippen molar-refractivity contribution in [3.63, 3.8) is 0 Å². The zero-order valence-corrected chi connectivity index (χ0v) is 20.3. The minimum absolute atomic E-state index is 0. The third-order valence-electron chi connectivity index (χ3n) is 2.87. The monoisotopic (exact) mass is 396 g/mol. The average Bonchev–Trinajstić information content (AvgIpc) is 2.64. The molecule has 0 saturated carbocycles. The second-order valence-electron chi connectivity index (χ2n) is 4.35. The van der Waals surface area contributed by atoms with Crippen LogP contribution in [0.1, 0.15) is 10.5 Å². The van der Waals surface area contributed by atoms with Crippen molar-refractivity contribution in [1.82, 2.24) is 9.55 Å². The zero-order valence-electron chi connectivity index (χ0n) is 16.4. The number of hydrogen-bond acceptors (Lipinski definition) is 7. The molecule has 11 nitrogen and oxygen atoms in total. The van der Waals surface area contributed by atoms with Gasteiger partial charge < -0.3 is 29.0 Å². The SMILES string of the molecule is O=c1ccn([C@@H]2O[C@H](COP(=O)(O)O)[C@@H](O)[C@H]2O)c(=O)[nH]1.[H-].[H-].[H-].[Na+].[Na+].[Na+]. The average molecular weight is 396 g/mol. The number of aromatic amines is 1. The van der Waals surface area contributed by atoms with Crippen LogP contribution in [0, 0.1) is 0 Å². The topological polar surface area (TPSA) is 171 Å². The van der Waals surface area contributed by atoms with Gasteiger partial charge in [-0.05, 0) is 0 Å². The minimum Gasteiger partial charge on any atom is -1.00 e. The van der Waals surface area contributed by atoms with Gasteiger partial charge in [-0.2, -0.15) is 0 Å². The summed E-state index contributed by atoms with van der Waals surface area (Å²) in [6.45, 7) is -0.683. The Morgan fingerprint density at radius 2 is 1.83 bits per heavy atom. The fourth-order valence-corrected chi connectivity index (χ4v) is 2.24. The molecule has 1 fully saturated rings. The third kappa shape index (κ3) is 7.35. The van der Waals surface area contributed by atoms with E-state index in [0.29, 0.717) is 0 Å². The van der Waals surface area contributed by atoms with Crippen molar-refractivity contribution in [2.45, 2.75) is 24.5 Å². The fraction of sp³-hybridized carbons (Fsp3) is 0.556. The van der Waals surface area contributed by atoms with E-state index < -0.39 is 50.2 Å². The fourth-order valence-electron chi connectivity index (χ4n) is 1.89. The summed E-state index contributed by atoms with van der Waals surface area (Å²) in [7, 11) is -4.76. The van der Waals surface area contributed by atoms with Crippen molar-refractivity contribution in [2.75, 3.05) is 6.61 Å². The summed E-state index contributed by atoms with van der Waals surface area (Å²) in [4.78, 5) is 41.6. The summed E-state index contributed by atoms with van der Waals surface area (Å²) in [5.74, 6) is 0. The van der Waals surface area contributed by atoms with E-state index in [2.05, 4.69) is 4.52 Å².